The van der Waals surface area contributed by atoms with Crippen molar-refractivity contribution in [2.75, 3.05) is 30.2 Å². The van der Waals surface area contributed by atoms with Gasteiger partial charge in [0.1, 0.15) is 17.1 Å². The predicted octanol–water partition coefficient (Wildman–Crippen LogP) is 5.88. The van der Waals surface area contributed by atoms with Crippen LogP contribution < -0.4 is 24.4 Å². The van der Waals surface area contributed by atoms with Crippen molar-refractivity contribution >= 4 is 35.3 Å². The lowest BCUT2D eigenvalue weighted by Crippen LogP contribution is -2.39. The summed E-state index contributed by atoms with van der Waals surface area (Å²) in [6.45, 7) is 5.63. The van der Waals surface area contributed by atoms with Gasteiger partial charge >= 0.3 is 6.09 Å². The van der Waals surface area contributed by atoms with Crippen LogP contribution >= 0.6 is 11.8 Å². The second kappa shape index (κ2) is 11.0. The number of aromatic nitrogens is 1. The first-order chi connectivity index (χ1) is 17.7. The topological polar surface area (TPSA) is 99.2 Å². The Morgan fingerprint density at radius 3 is 2.54 bits per heavy atom. The molecule has 194 valence electrons. The Morgan fingerprint density at radius 1 is 1.14 bits per heavy atom. The highest BCUT2D eigenvalue weighted by Crippen LogP contribution is 2.42. The van der Waals surface area contributed by atoms with Gasteiger partial charge in [0.25, 0.3) is 5.91 Å². The lowest BCUT2D eigenvalue weighted by Gasteiger charge is -2.29. The fourth-order valence-electron chi connectivity index (χ4n) is 3.61. The number of methoxy groups -OCH3 is 1. The molecule has 3 aromatic rings. The van der Waals surface area contributed by atoms with E-state index in [0.29, 0.717) is 35.3 Å². The Hall–Kier alpha value is -3.92. The van der Waals surface area contributed by atoms with Crippen LogP contribution in [0.4, 0.5) is 16.3 Å². The van der Waals surface area contributed by atoms with Crippen molar-refractivity contribution in [3.8, 4) is 23.0 Å². The van der Waals surface area contributed by atoms with Gasteiger partial charge in [0.2, 0.25) is 5.75 Å². The van der Waals surface area contributed by atoms with Crippen LogP contribution in [0.25, 0.3) is 0 Å². The van der Waals surface area contributed by atoms with Crippen molar-refractivity contribution in [2.24, 2.45) is 0 Å². The second-order valence-electron chi connectivity index (χ2n) is 9.17. The summed E-state index contributed by atoms with van der Waals surface area (Å²) < 4.78 is 22.5. The van der Waals surface area contributed by atoms with E-state index in [9.17, 15) is 9.59 Å². The molecule has 0 atom stereocenters. The molecule has 2 heterocycles. The molecule has 2 aromatic carbocycles. The number of benzene rings is 2. The first-order valence-electron chi connectivity index (χ1n) is 11.6. The maximum atomic E-state index is 12.7. The molecule has 1 aliphatic rings. The van der Waals surface area contributed by atoms with Crippen molar-refractivity contribution < 1.29 is 28.5 Å². The van der Waals surface area contributed by atoms with Crippen LogP contribution in [-0.4, -0.2) is 42.6 Å². The highest BCUT2D eigenvalue weighted by Gasteiger charge is 2.30. The monoisotopic (exact) mass is 523 g/mol. The number of fused-ring (bicyclic) bond motifs is 1. The first kappa shape index (κ1) is 26.2. The third-order valence-electron chi connectivity index (χ3n) is 5.28. The number of carbonyl (C=O) groups is 2. The molecule has 0 saturated carbocycles. The molecule has 0 aliphatic carbocycles. The molecule has 1 aliphatic heterocycles. The number of hydrogen-bond acceptors (Lipinski definition) is 8. The maximum absolute atomic E-state index is 12.7. The lowest BCUT2D eigenvalue weighted by atomic mass is 10.2. The molecule has 0 radical (unpaired) electrons. The van der Waals surface area contributed by atoms with Gasteiger partial charge in [0, 0.05) is 17.2 Å². The van der Waals surface area contributed by atoms with Crippen LogP contribution in [-0.2, 0) is 16.1 Å². The van der Waals surface area contributed by atoms with Crippen LogP contribution in [0.3, 0.4) is 0 Å². The number of ether oxygens (including phenoxy) is 4. The fourth-order valence-corrected chi connectivity index (χ4v) is 4.19. The Morgan fingerprint density at radius 2 is 1.86 bits per heavy atom. The fraction of sp³-hybridized carbons (Fsp3) is 0.296. The summed E-state index contributed by atoms with van der Waals surface area (Å²) >= 11 is 1.46. The van der Waals surface area contributed by atoms with Crippen molar-refractivity contribution in [3.05, 3.63) is 60.3 Å². The summed E-state index contributed by atoms with van der Waals surface area (Å²) in [5.74, 6) is 2.28. The van der Waals surface area contributed by atoms with Crippen molar-refractivity contribution in [3.63, 3.8) is 0 Å². The van der Waals surface area contributed by atoms with Crippen LogP contribution in [0.15, 0.2) is 59.6 Å². The Kier molecular flexibility index (Phi) is 7.77. The zero-order valence-electron chi connectivity index (χ0n) is 21.4. The van der Waals surface area contributed by atoms with Crippen molar-refractivity contribution in [1.82, 2.24) is 4.98 Å². The summed E-state index contributed by atoms with van der Waals surface area (Å²) in [4.78, 5) is 31.7. The molecule has 0 spiro atoms. The molecule has 37 heavy (non-hydrogen) atoms. The number of hydrogen-bond donors (Lipinski definition) is 1. The molecule has 4 rings (SSSR count). The quantitative estimate of drug-likeness (QED) is 0.384. The van der Waals surface area contributed by atoms with Gasteiger partial charge in [-0.1, -0.05) is 12.1 Å². The standard InChI is InChI=1S/C27H29N3O6S/c1-27(2,3)36-26(32)29-20-11-10-19(14-22(20)37-5)35-21-12-13-28-25-24(21)34-16-23(31)30(25)15-17-6-8-18(33-4)9-7-17/h6-14H,15-16H2,1-5H3,(H,29,32). The van der Waals surface area contributed by atoms with Gasteiger partial charge in [-0.3, -0.25) is 15.0 Å². The average Bonchev–Trinajstić information content (AvgIpc) is 2.86. The average molecular weight is 524 g/mol. The van der Waals surface area contributed by atoms with E-state index in [-0.39, 0.29) is 12.5 Å². The number of nitrogens with one attached hydrogen (secondary N) is 1. The Balaban J connectivity index is 1.55. The minimum atomic E-state index is -0.601. The highest BCUT2D eigenvalue weighted by atomic mass is 32.2. The number of anilines is 2. The predicted molar refractivity (Wildman–Crippen MR) is 142 cm³/mol. The minimum Gasteiger partial charge on any atom is -0.497 e. The van der Waals surface area contributed by atoms with E-state index in [1.54, 1.807) is 36.4 Å². The van der Waals surface area contributed by atoms with Gasteiger partial charge < -0.3 is 18.9 Å². The van der Waals surface area contributed by atoms with Gasteiger partial charge in [-0.25, -0.2) is 9.78 Å². The first-order valence-corrected chi connectivity index (χ1v) is 12.8. The lowest BCUT2D eigenvalue weighted by molar-refractivity contribution is -0.121. The van der Waals surface area contributed by atoms with E-state index in [4.69, 9.17) is 18.9 Å². The third kappa shape index (κ3) is 6.45. The van der Waals surface area contributed by atoms with Crippen LogP contribution in [0.1, 0.15) is 26.3 Å². The van der Waals surface area contributed by atoms with E-state index >= 15 is 0 Å². The molecule has 0 unspecified atom stereocenters. The molecule has 10 heteroatoms. The minimum absolute atomic E-state index is 0.125. The molecule has 1 aromatic heterocycles. The maximum Gasteiger partial charge on any atom is 0.412 e. The summed E-state index contributed by atoms with van der Waals surface area (Å²) in [5, 5.41) is 2.78. The summed E-state index contributed by atoms with van der Waals surface area (Å²) in [6, 6.07) is 14.5. The molecule has 0 fully saturated rings. The van der Waals surface area contributed by atoms with Crippen molar-refractivity contribution in [1.29, 1.82) is 0 Å². The number of carbonyl (C=O) groups excluding carboxylic acids is 2. The van der Waals surface area contributed by atoms with Crippen LogP contribution in [0, 0.1) is 0 Å². The van der Waals surface area contributed by atoms with Crippen LogP contribution in [0.5, 0.6) is 23.0 Å². The normalized spacial score (nSPS) is 12.9. The Bertz CT molecular complexity index is 1290. The molecule has 0 saturated heterocycles. The SMILES string of the molecule is COc1ccc(CN2C(=O)COc3c(Oc4ccc(NC(=O)OC(C)(C)C)c(SC)c4)ccnc32)cc1. The third-order valence-corrected chi connectivity index (χ3v) is 6.06. The van der Waals surface area contributed by atoms with E-state index in [2.05, 4.69) is 10.3 Å². The zero-order chi connectivity index (χ0) is 26.6. The van der Waals surface area contributed by atoms with Gasteiger partial charge in [-0.2, -0.15) is 0 Å². The van der Waals surface area contributed by atoms with E-state index in [1.807, 2.05) is 57.4 Å². The molecule has 9 nitrogen and oxygen atoms in total. The number of pyridine rings is 1. The van der Waals surface area contributed by atoms with E-state index in [0.717, 1.165) is 16.2 Å². The number of amides is 2. The van der Waals surface area contributed by atoms with Gasteiger partial charge in [-0.15, -0.1) is 11.8 Å². The highest BCUT2D eigenvalue weighted by molar-refractivity contribution is 7.98. The van der Waals surface area contributed by atoms with Gasteiger partial charge in [0.15, 0.2) is 18.2 Å². The molecular formula is C27H29N3O6S. The summed E-state index contributed by atoms with van der Waals surface area (Å²) in [5.41, 5.74) is 0.932. The largest absolute Gasteiger partial charge is 0.497 e. The molecule has 2 amide bonds. The number of thioether (sulfide) groups is 1. The smallest absolute Gasteiger partial charge is 0.412 e. The number of nitrogens with zero attached hydrogens (tertiary/aromatic N) is 2. The summed E-state index contributed by atoms with van der Waals surface area (Å²) in [7, 11) is 1.61. The van der Waals surface area contributed by atoms with E-state index in [1.165, 1.54) is 11.8 Å². The molecule has 1 N–H and O–H groups in total. The van der Waals surface area contributed by atoms with Gasteiger partial charge in [-0.05, 0) is 62.9 Å². The Labute approximate surface area is 220 Å². The van der Waals surface area contributed by atoms with Crippen molar-refractivity contribution in [2.45, 2.75) is 37.8 Å². The second-order valence-corrected chi connectivity index (χ2v) is 10.0. The zero-order valence-corrected chi connectivity index (χ0v) is 22.2. The van der Waals surface area contributed by atoms with Crippen LogP contribution in [0.2, 0.25) is 0 Å². The molecular weight excluding hydrogens is 494 g/mol. The summed E-state index contributed by atoms with van der Waals surface area (Å²) in [6.07, 6.45) is 2.94. The van der Waals surface area contributed by atoms with Gasteiger partial charge in [0.05, 0.1) is 19.3 Å². The van der Waals surface area contributed by atoms with E-state index < -0.39 is 11.7 Å². The number of rotatable bonds is 7. The molecule has 0 bridgehead atoms.